The van der Waals surface area contributed by atoms with Crippen molar-refractivity contribution in [3.63, 3.8) is 0 Å². The molecule has 1 unspecified atom stereocenters. The maximum atomic E-state index is 4.27. The van der Waals surface area contributed by atoms with E-state index in [-0.39, 0.29) is 6.04 Å². The third kappa shape index (κ3) is 1.84. The van der Waals surface area contributed by atoms with Crippen LogP contribution in [0.1, 0.15) is 18.0 Å². The van der Waals surface area contributed by atoms with Crippen molar-refractivity contribution in [2.24, 2.45) is 0 Å². The molecule has 0 aliphatic carbocycles. The number of thiazole rings is 1. The van der Waals surface area contributed by atoms with E-state index in [4.69, 9.17) is 0 Å². The van der Waals surface area contributed by atoms with Gasteiger partial charge in [-0.05, 0) is 6.92 Å². The normalized spacial score (nSPS) is 12.8. The van der Waals surface area contributed by atoms with Crippen molar-refractivity contribution in [3.8, 4) is 0 Å². The van der Waals surface area contributed by atoms with Crippen molar-refractivity contribution in [2.45, 2.75) is 13.0 Å². The molecule has 0 aromatic carbocycles. The first kappa shape index (κ1) is 10.2. The highest BCUT2D eigenvalue weighted by atomic mass is 32.1. The first-order valence-corrected chi connectivity index (χ1v) is 6.02. The van der Waals surface area contributed by atoms with Gasteiger partial charge in [-0.3, -0.25) is 0 Å². The third-order valence-corrected chi connectivity index (χ3v) is 3.36. The van der Waals surface area contributed by atoms with Crippen molar-refractivity contribution >= 4 is 28.3 Å². The molecular weight excluding hydrogens is 236 g/mol. The average molecular weight is 246 g/mol. The predicted molar refractivity (Wildman–Crippen MR) is 65.8 cm³/mol. The average Bonchev–Trinajstić information content (AvgIpc) is 3.00. The summed E-state index contributed by atoms with van der Waals surface area (Å²) in [5.74, 6) is 0.746. The Bertz CT molecular complexity index is 617. The molecule has 0 fully saturated rings. The van der Waals surface area contributed by atoms with Crippen molar-refractivity contribution in [1.82, 2.24) is 24.9 Å². The van der Waals surface area contributed by atoms with Crippen molar-refractivity contribution in [2.75, 3.05) is 5.32 Å². The molecule has 3 aromatic heterocycles. The van der Waals surface area contributed by atoms with Crippen LogP contribution >= 0.6 is 11.3 Å². The standard InChI is InChI=1S/C10H10N6S/c1-6(10-11-2-3-17-10)16-9-7-8(13-4-12-7)14-5-15-9/h2-6H,1H3,(H2,12,13,14,15,16). The molecule has 0 radical (unpaired) electrons. The van der Waals surface area contributed by atoms with Gasteiger partial charge in [0.2, 0.25) is 0 Å². The van der Waals surface area contributed by atoms with Gasteiger partial charge in [0.1, 0.15) is 16.9 Å². The van der Waals surface area contributed by atoms with Gasteiger partial charge in [-0.15, -0.1) is 11.3 Å². The molecule has 86 valence electrons. The molecule has 0 bridgehead atoms. The molecule has 2 N–H and O–H groups in total. The molecule has 17 heavy (non-hydrogen) atoms. The van der Waals surface area contributed by atoms with Gasteiger partial charge in [0, 0.05) is 11.6 Å². The summed E-state index contributed by atoms with van der Waals surface area (Å²) in [5.41, 5.74) is 1.48. The monoisotopic (exact) mass is 246 g/mol. The molecule has 0 amide bonds. The minimum absolute atomic E-state index is 0.108. The number of H-pyrrole nitrogens is 1. The SMILES string of the molecule is CC(Nc1ncnc2nc[nH]c12)c1nccs1. The van der Waals surface area contributed by atoms with Gasteiger partial charge in [-0.1, -0.05) is 0 Å². The van der Waals surface area contributed by atoms with Crippen LogP contribution in [0, 0.1) is 0 Å². The second kappa shape index (κ2) is 4.10. The molecule has 0 saturated heterocycles. The van der Waals surface area contributed by atoms with Crippen LogP contribution in [0.4, 0.5) is 5.82 Å². The molecule has 6 nitrogen and oxygen atoms in total. The largest absolute Gasteiger partial charge is 0.359 e. The number of nitrogens with one attached hydrogen (secondary N) is 2. The number of hydrogen-bond donors (Lipinski definition) is 2. The van der Waals surface area contributed by atoms with Gasteiger partial charge in [0.05, 0.1) is 12.4 Å². The molecule has 0 spiro atoms. The van der Waals surface area contributed by atoms with Crippen LogP contribution in [0.3, 0.4) is 0 Å². The van der Waals surface area contributed by atoms with E-state index in [0.717, 1.165) is 16.3 Å². The first-order chi connectivity index (χ1) is 8.34. The minimum Gasteiger partial charge on any atom is -0.359 e. The zero-order chi connectivity index (χ0) is 11.7. The number of hydrogen-bond acceptors (Lipinski definition) is 6. The zero-order valence-corrected chi connectivity index (χ0v) is 9.90. The number of aromatic amines is 1. The van der Waals surface area contributed by atoms with E-state index >= 15 is 0 Å². The molecule has 3 rings (SSSR count). The van der Waals surface area contributed by atoms with E-state index in [1.54, 1.807) is 23.9 Å². The quantitative estimate of drug-likeness (QED) is 0.738. The Morgan fingerprint density at radius 2 is 2.24 bits per heavy atom. The lowest BCUT2D eigenvalue weighted by atomic mass is 10.3. The van der Waals surface area contributed by atoms with E-state index < -0.39 is 0 Å². The van der Waals surface area contributed by atoms with Gasteiger partial charge in [0.15, 0.2) is 11.5 Å². The lowest BCUT2D eigenvalue weighted by molar-refractivity contribution is 0.861. The highest BCUT2D eigenvalue weighted by Crippen LogP contribution is 2.22. The molecule has 0 saturated carbocycles. The Balaban J connectivity index is 1.92. The maximum absolute atomic E-state index is 4.27. The zero-order valence-electron chi connectivity index (χ0n) is 9.08. The Morgan fingerprint density at radius 3 is 3.06 bits per heavy atom. The van der Waals surface area contributed by atoms with Crippen LogP contribution in [0.2, 0.25) is 0 Å². The molecular formula is C10H10N6S. The summed E-state index contributed by atoms with van der Waals surface area (Å²) < 4.78 is 0. The van der Waals surface area contributed by atoms with Crippen molar-refractivity contribution < 1.29 is 0 Å². The second-order valence-electron chi connectivity index (χ2n) is 3.56. The lowest BCUT2D eigenvalue weighted by Crippen LogP contribution is -2.08. The second-order valence-corrected chi connectivity index (χ2v) is 4.49. The van der Waals surface area contributed by atoms with Crippen LogP contribution in [0.5, 0.6) is 0 Å². The summed E-state index contributed by atoms with van der Waals surface area (Å²) >= 11 is 1.61. The first-order valence-electron chi connectivity index (χ1n) is 5.14. The van der Waals surface area contributed by atoms with E-state index in [1.807, 2.05) is 12.3 Å². The van der Waals surface area contributed by atoms with E-state index in [0.29, 0.717) is 5.65 Å². The number of anilines is 1. The highest BCUT2D eigenvalue weighted by Gasteiger charge is 2.11. The summed E-state index contributed by atoms with van der Waals surface area (Å²) in [6, 6.07) is 0.108. The highest BCUT2D eigenvalue weighted by molar-refractivity contribution is 7.09. The molecule has 3 heterocycles. The molecule has 7 heteroatoms. The van der Waals surface area contributed by atoms with Crippen LogP contribution in [-0.2, 0) is 0 Å². The maximum Gasteiger partial charge on any atom is 0.182 e. The third-order valence-electron chi connectivity index (χ3n) is 2.40. The molecule has 0 aliphatic rings. The number of fused-ring (bicyclic) bond motifs is 1. The van der Waals surface area contributed by atoms with Gasteiger partial charge >= 0.3 is 0 Å². The fourth-order valence-corrected chi connectivity index (χ4v) is 2.24. The summed E-state index contributed by atoms with van der Waals surface area (Å²) in [4.78, 5) is 19.7. The van der Waals surface area contributed by atoms with Gasteiger partial charge in [0.25, 0.3) is 0 Å². The Hall–Kier alpha value is -2.02. The molecule has 1 atom stereocenters. The van der Waals surface area contributed by atoms with Gasteiger partial charge < -0.3 is 10.3 Å². The number of aromatic nitrogens is 5. The van der Waals surface area contributed by atoms with Crippen LogP contribution < -0.4 is 5.32 Å². The van der Waals surface area contributed by atoms with Crippen LogP contribution in [-0.4, -0.2) is 24.9 Å². The van der Waals surface area contributed by atoms with Crippen LogP contribution in [0.15, 0.2) is 24.2 Å². The smallest absolute Gasteiger partial charge is 0.182 e. The molecule has 0 aliphatic heterocycles. The minimum atomic E-state index is 0.108. The summed E-state index contributed by atoms with van der Waals surface area (Å²) in [6.07, 6.45) is 4.91. The van der Waals surface area contributed by atoms with Gasteiger partial charge in [-0.25, -0.2) is 19.9 Å². The van der Waals surface area contributed by atoms with Crippen LogP contribution in [0.25, 0.3) is 11.2 Å². The van der Waals surface area contributed by atoms with E-state index in [1.165, 1.54) is 6.33 Å². The Labute approximate surface area is 101 Å². The van der Waals surface area contributed by atoms with Gasteiger partial charge in [-0.2, -0.15) is 0 Å². The Kier molecular flexibility index (Phi) is 2.45. The summed E-state index contributed by atoms with van der Waals surface area (Å²) in [5, 5.41) is 6.28. The topological polar surface area (TPSA) is 79.4 Å². The van der Waals surface area contributed by atoms with Crippen molar-refractivity contribution in [1.29, 1.82) is 0 Å². The fraction of sp³-hybridized carbons (Fsp3) is 0.200. The van der Waals surface area contributed by atoms with E-state index in [2.05, 4.69) is 30.2 Å². The Morgan fingerprint density at radius 1 is 1.29 bits per heavy atom. The predicted octanol–water partition coefficient (Wildman–Crippen LogP) is 1.98. The lowest BCUT2D eigenvalue weighted by Gasteiger charge is -2.11. The summed E-state index contributed by atoms with van der Waals surface area (Å²) in [7, 11) is 0. The number of imidazole rings is 1. The fourth-order valence-electron chi connectivity index (χ4n) is 1.59. The summed E-state index contributed by atoms with van der Waals surface area (Å²) in [6.45, 7) is 2.04. The molecule has 3 aromatic rings. The number of nitrogens with zero attached hydrogens (tertiary/aromatic N) is 4. The number of rotatable bonds is 3. The van der Waals surface area contributed by atoms with E-state index in [9.17, 15) is 0 Å². The van der Waals surface area contributed by atoms with Crippen molar-refractivity contribution in [3.05, 3.63) is 29.2 Å².